The minimum Gasteiger partial charge on any atom is -0.346 e. The standard InChI is InChI=1S/C15H15F2N3OS/c16-15(17,13-8-19-9-22-13)14(21)20-12-7-18-6-11(12)10-4-2-1-3-5-10/h1-5,8-9,11-12,18H,6-7H2,(H,20,21)/t11-,12+/m0/s1. The molecule has 1 saturated heterocycles. The predicted molar refractivity (Wildman–Crippen MR) is 80.0 cm³/mol. The normalized spacial score (nSPS) is 21.7. The second-order valence-electron chi connectivity index (χ2n) is 5.20. The minimum atomic E-state index is -3.55. The molecule has 1 amide bonds. The second kappa shape index (κ2) is 6.10. The van der Waals surface area contributed by atoms with Crippen molar-refractivity contribution in [2.45, 2.75) is 17.9 Å². The van der Waals surface area contributed by atoms with Crippen LogP contribution in [-0.4, -0.2) is 30.0 Å². The number of alkyl halides is 2. The summed E-state index contributed by atoms with van der Waals surface area (Å²) in [6, 6.07) is 9.23. The number of halogens is 2. The summed E-state index contributed by atoms with van der Waals surface area (Å²) in [7, 11) is 0. The van der Waals surface area contributed by atoms with E-state index in [1.807, 2.05) is 30.3 Å². The van der Waals surface area contributed by atoms with Crippen LogP contribution in [0.1, 0.15) is 16.4 Å². The molecular formula is C15H15F2N3OS. The number of rotatable bonds is 4. The Balaban J connectivity index is 1.73. The largest absolute Gasteiger partial charge is 0.360 e. The number of benzene rings is 1. The molecule has 0 saturated carbocycles. The zero-order chi connectivity index (χ0) is 15.6. The molecule has 0 aliphatic carbocycles. The molecule has 2 aromatic rings. The van der Waals surface area contributed by atoms with Crippen molar-refractivity contribution in [1.82, 2.24) is 15.6 Å². The van der Waals surface area contributed by atoms with E-state index in [1.165, 1.54) is 5.51 Å². The van der Waals surface area contributed by atoms with E-state index < -0.39 is 11.8 Å². The summed E-state index contributed by atoms with van der Waals surface area (Å²) >= 11 is 0.776. The Morgan fingerprint density at radius 3 is 2.77 bits per heavy atom. The van der Waals surface area contributed by atoms with Crippen LogP contribution in [-0.2, 0) is 10.7 Å². The van der Waals surface area contributed by atoms with E-state index in [0.717, 1.165) is 23.1 Å². The number of aromatic nitrogens is 1. The molecule has 22 heavy (non-hydrogen) atoms. The molecule has 0 unspecified atom stereocenters. The van der Waals surface area contributed by atoms with Crippen molar-refractivity contribution < 1.29 is 13.6 Å². The van der Waals surface area contributed by atoms with E-state index >= 15 is 0 Å². The summed E-state index contributed by atoms with van der Waals surface area (Å²) < 4.78 is 28.2. The number of nitrogens with one attached hydrogen (secondary N) is 2. The van der Waals surface area contributed by atoms with Gasteiger partial charge in [0.2, 0.25) is 0 Å². The Kier molecular flexibility index (Phi) is 4.17. The molecule has 3 rings (SSSR count). The fraction of sp³-hybridized carbons (Fsp3) is 0.333. The molecule has 2 N–H and O–H groups in total. The Morgan fingerprint density at radius 2 is 2.09 bits per heavy atom. The van der Waals surface area contributed by atoms with Crippen LogP contribution >= 0.6 is 11.3 Å². The maximum atomic E-state index is 14.1. The van der Waals surface area contributed by atoms with Crippen LogP contribution in [0.4, 0.5) is 8.78 Å². The first kappa shape index (κ1) is 15.1. The Morgan fingerprint density at radius 1 is 1.32 bits per heavy atom. The van der Waals surface area contributed by atoms with Gasteiger partial charge in [0.15, 0.2) is 0 Å². The number of hydrogen-bond donors (Lipinski definition) is 2. The van der Waals surface area contributed by atoms with Gasteiger partial charge in [-0.15, -0.1) is 11.3 Å². The van der Waals surface area contributed by atoms with E-state index in [-0.39, 0.29) is 16.8 Å². The lowest BCUT2D eigenvalue weighted by molar-refractivity contribution is -0.147. The average Bonchev–Trinajstić information content (AvgIpc) is 3.20. The van der Waals surface area contributed by atoms with Crippen molar-refractivity contribution in [3.63, 3.8) is 0 Å². The van der Waals surface area contributed by atoms with Crippen LogP contribution in [0.5, 0.6) is 0 Å². The van der Waals surface area contributed by atoms with E-state index in [9.17, 15) is 13.6 Å². The first-order chi connectivity index (χ1) is 10.6. The molecule has 1 aliphatic rings. The van der Waals surface area contributed by atoms with Gasteiger partial charge in [0.25, 0.3) is 5.91 Å². The maximum absolute atomic E-state index is 14.1. The van der Waals surface area contributed by atoms with Gasteiger partial charge in [0.05, 0.1) is 5.51 Å². The van der Waals surface area contributed by atoms with E-state index in [1.54, 1.807) is 0 Å². The predicted octanol–water partition coefficient (Wildman–Crippen LogP) is 2.11. The van der Waals surface area contributed by atoms with Crippen LogP contribution in [0, 0.1) is 0 Å². The van der Waals surface area contributed by atoms with E-state index in [2.05, 4.69) is 15.6 Å². The lowest BCUT2D eigenvalue weighted by Gasteiger charge is -2.23. The third-order valence-corrected chi connectivity index (χ3v) is 4.63. The average molecular weight is 323 g/mol. The van der Waals surface area contributed by atoms with Crippen LogP contribution < -0.4 is 10.6 Å². The van der Waals surface area contributed by atoms with Crippen molar-refractivity contribution >= 4 is 17.2 Å². The van der Waals surface area contributed by atoms with Crippen LogP contribution in [0.3, 0.4) is 0 Å². The van der Waals surface area contributed by atoms with Gasteiger partial charge in [-0.3, -0.25) is 9.78 Å². The molecule has 2 heterocycles. The molecule has 2 atom stereocenters. The molecule has 1 aliphatic heterocycles. The monoisotopic (exact) mass is 323 g/mol. The minimum absolute atomic E-state index is 0.0117. The van der Waals surface area contributed by atoms with E-state index in [4.69, 9.17) is 0 Å². The highest BCUT2D eigenvalue weighted by Crippen LogP contribution is 2.32. The number of thiazole rings is 1. The second-order valence-corrected chi connectivity index (χ2v) is 6.08. The number of carbonyl (C=O) groups is 1. The Labute approximate surface area is 130 Å². The third-order valence-electron chi connectivity index (χ3n) is 3.79. The number of amides is 1. The summed E-state index contributed by atoms with van der Waals surface area (Å²) in [5, 5.41) is 5.63. The first-order valence-electron chi connectivity index (χ1n) is 6.92. The highest BCUT2D eigenvalue weighted by molar-refractivity contribution is 7.09. The lowest BCUT2D eigenvalue weighted by atomic mass is 9.94. The Hall–Kier alpha value is -1.86. The van der Waals surface area contributed by atoms with Crippen LogP contribution in [0.15, 0.2) is 42.0 Å². The van der Waals surface area contributed by atoms with Gasteiger partial charge in [-0.1, -0.05) is 30.3 Å². The topological polar surface area (TPSA) is 54.0 Å². The quantitative estimate of drug-likeness (QED) is 0.906. The molecule has 1 aromatic heterocycles. The van der Waals surface area contributed by atoms with Gasteiger partial charge in [-0.05, 0) is 5.56 Å². The van der Waals surface area contributed by atoms with Gasteiger partial charge < -0.3 is 10.6 Å². The zero-order valence-electron chi connectivity index (χ0n) is 11.6. The number of hydrogen-bond acceptors (Lipinski definition) is 4. The fourth-order valence-corrected chi connectivity index (χ4v) is 3.22. The first-order valence-corrected chi connectivity index (χ1v) is 7.80. The summed E-state index contributed by atoms with van der Waals surface area (Å²) in [6.45, 7) is 1.13. The summed E-state index contributed by atoms with van der Waals surface area (Å²) in [5.74, 6) is -4.83. The van der Waals surface area contributed by atoms with Gasteiger partial charge in [0, 0.05) is 31.2 Å². The van der Waals surface area contributed by atoms with Crippen LogP contribution in [0.25, 0.3) is 0 Å². The fourth-order valence-electron chi connectivity index (χ4n) is 2.62. The van der Waals surface area contributed by atoms with Gasteiger partial charge in [-0.2, -0.15) is 8.78 Å². The highest BCUT2D eigenvalue weighted by Gasteiger charge is 2.44. The van der Waals surface area contributed by atoms with Crippen molar-refractivity contribution in [1.29, 1.82) is 0 Å². The summed E-state index contributed by atoms with van der Waals surface area (Å²) in [5.41, 5.74) is 2.32. The molecule has 1 aromatic carbocycles. The zero-order valence-corrected chi connectivity index (χ0v) is 12.4. The summed E-state index contributed by atoms with van der Waals surface area (Å²) in [4.78, 5) is 15.3. The van der Waals surface area contributed by atoms with Crippen molar-refractivity contribution in [3.8, 4) is 0 Å². The lowest BCUT2D eigenvalue weighted by Crippen LogP contribution is -2.46. The summed E-state index contributed by atoms with van der Waals surface area (Å²) in [6.07, 6.45) is 1.03. The molecular weight excluding hydrogens is 308 g/mol. The van der Waals surface area contributed by atoms with Crippen molar-refractivity contribution in [2.24, 2.45) is 0 Å². The number of nitrogens with zero attached hydrogens (tertiary/aromatic N) is 1. The molecule has 0 radical (unpaired) electrons. The smallest absolute Gasteiger partial charge is 0.346 e. The molecule has 7 heteroatoms. The molecule has 116 valence electrons. The third kappa shape index (κ3) is 2.86. The Bertz CT molecular complexity index is 634. The van der Waals surface area contributed by atoms with Gasteiger partial charge >= 0.3 is 5.92 Å². The van der Waals surface area contributed by atoms with Crippen molar-refractivity contribution in [3.05, 3.63) is 52.5 Å². The molecule has 0 bridgehead atoms. The maximum Gasteiger partial charge on any atom is 0.360 e. The highest BCUT2D eigenvalue weighted by atomic mass is 32.1. The molecule has 0 spiro atoms. The van der Waals surface area contributed by atoms with Crippen LogP contribution in [0.2, 0.25) is 0 Å². The SMILES string of the molecule is O=C(N[C@@H]1CNC[C@H]1c1ccccc1)C(F)(F)c1cncs1. The van der Waals surface area contributed by atoms with Crippen molar-refractivity contribution in [2.75, 3.05) is 13.1 Å². The molecule has 1 fully saturated rings. The van der Waals surface area contributed by atoms with E-state index in [0.29, 0.717) is 13.1 Å². The number of carbonyl (C=O) groups excluding carboxylic acids is 1. The van der Waals surface area contributed by atoms with Gasteiger partial charge in [-0.25, -0.2) is 0 Å². The molecule has 4 nitrogen and oxygen atoms in total. The van der Waals surface area contributed by atoms with Gasteiger partial charge in [0.1, 0.15) is 4.88 Å².